The fourth-order valence-electron chi connectivity index (χ4n) is 3.35. The maximum absolute atomic E-state index is 10.1. The molecule has 2 unspecified atom stereocenters. The van der Waals surface area contributed by atoms with Crippen LogP contribution in [0.4, 0.5) is 0 Å². The Morgan fingerprint density at radius 2 is 1.80 bits per heavy atom. The van der Waals surface area contributed by atoms with Gasteiger partial charge in [0.2, 0.25) is 0 Å². The molecule has 0 radical (unpaired) electrons. The highest BCUT2D eigenvalue weighted by Gasteiger charge is 2.33. The Labute approximate surface area is 93.7 Å². The summed E-state index contributed by atoms with van der Waals surface area (Å²) in [4.78, 5) is 2.63. The molecule has 2 heteroatoms. The van der Waals surface area contributed by atoms with E-state index in [4.69, 9.17) is 0 Å². The van der Waals surface area contributed by atoms with Crippen molar-refractivity contribution in [1.29, 1.82) is 0 Å². The van der Waals surface area contributed by atoms with Crippen LogP contribution in [-0.2, 0) is 0 Å². The van der Waals surface area contributed by atoms with Gasteiger partial charge in [-0.05, 0) is 38.6 Å². The number of rotatable bonds is 3. The van der Waals surface area contributed by atoms with Crippen LogP contribution in [0.15, 0.2) is 0 Å². The minimum atomic E-state index is -0.0918. The van der Waals surface area contributed by atoms with Crippen molar-refractivity contribution in [3.8, 4) is 0 Å². The molecule has 2 nitrogen and oxygen atoms in total. The van der Waals surface area contributed by atoms with Crippen LogP contribution in [0.25, 0.3) is 0 Å². The van der Waals surface area contributed by atoms with Gasteiger partial charge in [0.1, 0.15) is 0 Å². The van der Waals surface area contributed by atoms with Gasteiger partial charge in [-0.3, -0.25) is 4.90 Å². The number of hydrogen-bond donors (Lipinski definition) is 1. The van der Waals surface area contributed by atoms with Crippen molar-refractivity contribution in [2.24, 2.45) is 0 Å². The zero-order valence-electron chi connectivity index (χ0n) is 9.99. The molecule has 0 aromatic carbocycles. The number of aliphatic hydroxyl groups excluding tert-OH is 1. The van der Waals surface area contributed by atoms with Crippen LogP contribution < -0.4 is 0 Å². The highest BCUT2D eigenvalue weighted by Crippen LogP contribution is 2.31. The average molecular weight is 211 g/mol. The first-order valence-corrected chi connectivity index (χ1v) is 6.76. The highest BCUT2D eigenvalue weighted by molar-refractivity contribution is 4.88. The zero-order valence-corrected chi connectivity index (χ0v) is 9.99. The molecule has 1 N–H and O–H groups in total. The van der Waals surface area contributed by atoms with Crippen molar-refractivity contribution in [3.63, 3.8) is 0 Å². The Morgan fingerprint density at radius 1 is 1.13 bits per heavy atom. The smallest absolute Gasteiger partial charge is 0.0692 e. The van der Waals surface area contributed by atoms with E-state index >= 15 is 0 Å². The first-order valence-electron chi connectivity index (χ1n) is 6.76. The Morgan fingerprint density at radius 3 is 2.47 bits per heavy atom. The third-order valence-electron chi connectivity index (χ3n) is 4.25. The molecule has 0 bridgehead atoms. The lowest BCUT2D eigenvalue weighted by Gasteiger charge is -2.42. The fraction of sp³-hybridized carbons (Fsp3) is 1.00. The maximum atomic E-state index is 10.1. The van der Waals surface area contributed by atoms with Gasteiger partial charge in [-0.2, -0.15) is 0 Å². The molecule has 0 spiro atoms. The normalized spacial score (nSPS) is 32.0. The summed E-state index contributed by atoms with van der Waals surface area (Å²) in [6, 6.07) is 1.25. The van der Waals surface area contributed by atoms with Crippen LogP contribution in [0.2, 0.25) is 0 Å². The van der Waals surface area contributed by atoms with Gasteiger partial charge in [0.25, 0.3) is 0 Å². The molecule has 2 aliphatic rings. The van der Waals surface area contributed by atoms with Gasteiger partial charge in [-0.1, -0.05) is 26.2 Å². The Balaban J connectivity index is 1.98. The second-order valence-corrected chi connectivity index (χ2v) is 5.21. The second-order valence-electron chi connectivity index (χ2n) is 5.21. The number of likely N-dealkylation sites (tertiary alicyclic amines) is 1. The zero-order chi connectivity index (χ0) is 10.7. The summed E-state index contributed by atoms with van der Waals surface area (Å²) in [6.45, 7) is 3.33. The molecule has 2 atom stereocenters. The van der Waals surface area contributed by atoms with Crippen LogP contribution in [0.5, 0.6) is 0 Å². The molecule has 0 amide bonds. The summed E-state index contributed by atoms with van der Waals surface area (Å²) in [5.41, 5.74) is 0. The number of hydrogen-bond acceptors (Lipinski definition) is 2. The highest BCUT2D eigenvalue weighted by atomic mass is 16.3. The topological polar surface area (TPSA) is 23.5 Å². The summed E-state index contributed by atoms with van der Waals surface area (Å²) in [5.74, 6) is 0. The molecule has 15 heavy (non-hydrogen) atoms. The Hall–Kier alpha value is -0.0800. The summed E-state index contributed by atoms with van der Waals surface area (Å²) in [5, 5.41) is 10.1. The minimum Gasteiger partial charge on any atom is -0.392 e. The van der Waals surface area contributed by atoms with E-state index in [1.807, 2.05) is 0 Å². The molecule has 0 aromatic rings. The van der Waals surface area contributed by atoms with Crippen LogP contribution in [0, 0.1) is 0 Å². The van der Waals surface area contributed by atoms with Crippen molar-refractivity contribution in [2.45, 2.75) is 76.5 Å². The summed E-state index contributed by atoms with van der Waals surface area (Å²) < 4.78 is 0. The first kappa shape index (κ1) is 11.4. The molecule has 1 aliphatic carbocycles. The van der Waals surface area contributed by atoms with Gasteiger partial charge < -0.3 is 5.11 Å². The van der Waals surface area contributed by atoms with E-state index in [0.29, 0.717) is 6.04 Å². The van der Waals surface area contributed by atoms with Crippen LogP contribution in [-0.4, -0.2) is 34.7 Å². The van der Waals surface area contributed by atoms with Gasteiger partial charge in [0, 0.05) is 12.1 Å². The van der Waals surface area contributed by atoms with Crippen LogP contribution in [0.3, 0.4) is 0 Å². The van der Waals surface area contributed by atoms with Crippen molar-refractivity contribution >= 4 is 0 Å². The molecule has 2 fully saturated rings. The summed E-state index contributed by atoms with van der Waals surface area (Å²) >= 11 is 0. The van der Waals surface area contributed by atoms with Crippen molar-refractivity contribution in [1.82, 2.24) is 4.90 Å². The van der Waals surface area contributed by atoms with Crippen molar-refractivity contribution in [2.75, 3.05) is 6.54 Å². The third kappa shape index (κ3) is 2.54. The van der Waals surface area contributed by atoms with E-state index in [9.17, 15) is 5.11 Å². The molecule has 0 aromatic heterocycles. The van der Waals surface area contributed by atoms with E-state index in [1.54, 1.807) is 0 Å². The predicted octanol–water partition coefficient (Wildman–Crippen LogP) is 2.55. The number of nitrogens with zero attached hydrogens (tertiary/aromatic N) is 1. The standard InChI is InChI=1S/C13H25NO/c1-2-13(15)12-9-5-6-10-14(12)11-7-3-4-8-11/h11-13,15H,2-10H2,1H3. The molecule has 1 saturated carbocycles. The average Bonchev–Trinajstić information content (AvgIpc) is 2.81. The van der Waals surface area contributed by atoms with Gasteiger partial charge in [-0.15, -0.1) is 0 Å². The van der Waals surface area contributed by atoms with E-state index in [1.165, 1.54) is 51.5 Å². The molecule has 88 valence electrons. The summed E-state index contributed by atoms with van der Waals surface area (Å²) in [6.07, 6.45) is 10.2. The second kappa shape index (κ2) is 5.31. The van der Waals surface area contributed by atoms with E-state index < -0.39 is 0 Å². The summed E-state index contributed by atoms with van der Waals surface area (Å²) in [7, 11) is 0. The third-order valence-corrected chi connectivity index (χ3v) is 4.25. The largest absolute Gasteiger partial charge is 0.392 e. The van der Waals surface area contributed by atoms with E-state index in [2.05, 4.69) is 11.8 Å². The predicted molar refractivity (Wildman–Crippen MR) is 62.9 cm³/mol. The molecule has 1 aliphatic heterocycles. The van der Waals surface area contributed by atoms with Gasteiger partial charge in [0.05, 0.1) is 6.10 Å². The quantitative estimate of drug-likeness (QED) is 0.775. The van der Waals surface area contributed by atoms with Crippen molar-refractivity contribution < 1.29 is 5.11 Å². The lowest BCUT2D eigenvalue weighted by atomic mass is 9.93. The van der Waals surface area contributed by atoms with Gasteiger partial charge in [-0.25, -0.2) is 0 Å². The SMILES string of the molecule is CCC(O)C1CCCCN1C1CCCC1. The van der Waals surface area contributed by atoms with E-state index in [0.717, 1.165) is 12.5 Å². The van der Waals surface area contributed by atoms with Gasteiger partial charge >= 0.3 is 0 Å². The molecule has 1 saturated heterocycles. The molecular weight excluding hydrogens is 186 g/mol. The lowest BCUT2D eigenvalue weighted by molar-refractivity contribution is 0.000775. The van der Waals surface area contributed by atoms with Crippen LogP contribution >= 0.6 is 0 Å². The maximum Gasteiger partial charge on any atom is 0.0692 e. The fourth-order valence-corrected chi connectivity index (χ4v) is 3.35. The van der Waals surface area contributed by atoms with E-state index in [-0.39, 0.29) is 6.10 Å². The molecule has 1 heterocycles. The number of piperidine rings is 1. The van der Waals surface area contributed by atoms with Crippen molar-refractivity contribution in [3.05, 3.63) is 0 Å². The minimum absolute atomic E-state index is 0.0918. The number of aliphatic hydroxyl groups is 1. The lowest BCUT2D eigenvalue weighted by Crippen LogP contribution is -2.50. The first-order chi connectivity index (χ1) is 7.33. The Bertz CT molecular complexity index is 189. The molecular formula is C13H25NO. The monoisotopic (exact) mass is 211 g/mol. The molecule has 2 rings (SSSR count). The Kier molecular flexibility index (Phi) is 4.04. The van der Waals surface area contributed by atoms with Gasteiger partial charge in [0.15, 0.2) is 0 Å². The van der Waals surface area contributed by atoms with Crippen LogP contribution in [0.1, 0.15) is 58.3 Å².